The largest absolute Gasteiger partial charge is 0.316 e. The van der Waals surface area contributed by atoms with E-state index in [9.17, 15) is 8.42 Å². The normalized spacial score (nSPS) is 17.3. The Kier molecular flexibility index (Phi) is 5.40. The molecule has 112 valence electrons. The van der Waals surface area contributed by atoms with Crippen molar-refractivity contribution in [1.82, 2.24) is 15.2 Å². The van der Waals surface area contributed by atoms with Gasteiger partial charge in [-0.3, -0.25) is 0 Å². The zero-order chi connectivity index (χ0) is 14.6. The maximum absolute atomic E-state index is 12.4. The predicted molar refractivity (Wildman–Crippen MR) is 80.0 cm³/mol. The van der Waals surface area contributed by atoms with E-state index in [1.807, 2.05) is 0 Å². The molecule has 20 heavy (non-hydrogen) atoms. The van der Waals surface area contributed by atoms with Crippen LogP contribution < -0.4 is 10.1 Å². The van der Waals surface area contributed by atoms with Crippen molar-refractivity contribution in [1.29, 1.82) is 0 Å². The fraction of sp³-hybridized carbons (Fsp3) is 0.538. The molecule has 7 heteroatoms. The van der Waals surface area contributed by atoms with E-state index in [0.29, 0.717) is 11.6 Å². The van der Waals surface area contributed by atoms with Gasteiger partial charge in [0.1, 0.15) is 0 Å². The SMILES string of the molecule is CNCc1cc(S(=O)(=O)NN2CCCCC2)ccc1Cl. The maximum Gasteiger partial charge on any atom is 0.253 e. The van der Waals surface area contributed by atoms with Gasteiger partial charge in [0.2, 0.25) is 0 Å². The van der Waals surface area contributed by atoms with E-state index >= 15 is 0 Å². The molecule has 1 saturated heterocycles. The van der Waals surface area contributed by atoms with Gasteiger partial charge >= 0.3 is 0 Å². The highest BCUT2D eigenvalue weighted by molar-refractivity contribution is 7.89. The van der Waals surface area contributed by atoms with E-state index in [1.165, 1.54) is 6.07 Å². The summed E-state index contributed by atoms with van der Waals surface area (Å²) >= 11 is 6.05. The lowest BCUT2D eigenvalue weighted by atomic mass is 10.2. The highest BCUT2D eigenvalue weighted by Gasteiger charge is 2.20. The van der Waals surface area contributed by atoms with E-state index in [2.05, 4.69) is 10.1 Å². The van der Waals surface area contributed by atoms with Crippen molar-refractivity contribution < 1.29 is 8.42 Å². The highest BCUT2D eigenvalue weighted by atomic mass is 35.5. The maximum atomic E-state index is 12.4. The zero-order valence-corrected chi connectivity index (χ0v) is 13.1. The van der Waals surface area contributed by atoms with Crippen LogP contribution in [0.15, 0.2) is 23.1 Å². The number of hydrogen-bond donors (Lipinski definition) is 2. The summed E-state index contributed by atoms with van der Waals surface area (Å²) in [5, 5.41) is 5.31. The minimum Gasteiger partial charge on any atom is -0.316 e. The van der Waals surface area contributed by atoms with Crippen LogP contribution in [0.25, 0.3) is 0 Å². The third kappa shape index (κ3) is 3.93. The smallest absolute Gasteiger partial charge is 0.253 e. The van der Waals surface area contributed by atoms with Crippen LogP contribution in [0.1, 0.15) is 24.8 Å². The van der Waals surface area contributed by atoms with Crippen molar-refractivity contribution in [2.24, 2.45) is 0 Å². The second-order valence-electron chi connectivity index (χ2n) is 4.93. The average Bonchev–Trinajstić information content (AvgIpc) is 2.42. The third-order valence-electron chi connectivity index (χ3n) is 3.30. The third-order valence-corrected chi connectivity index (χ3v) is 5.04. The summed E-state index contributed by atoms with van der Waals surface area (Å²) in [6.45, 7) is 2.05. The Morgan fingerprint density at radius 3 is 2.60 bits per heavy atom. The highest BCUT2D eigenvalue weighted by Crippen LogP contribution is 2.21. The molecule has 5 nitrogen and oxygen atoms in total. The van der Waals surface area contributed by atoms with Crippen LogP contribution in [0, 0.1) is 0 Å². The summed E-state index contributed by atoms with van der Waals surface area (Å²) in [6.07, 6.45) is 3.20. The van der Waals surface area contributed by atoms with Crippen LogP contribution in [0.5, 0.6) is 0 Å². The molecule has 0 atom stereocenters. The predicted octanol–water partition coefficient (Wildman–Crippen LogP) is 1.74. The molecule has 2 rings (SSSR count). The van der Waals surface area contributed by atoms with Crippen LogP contribution in [0.2, 0.25) is 5.02 Å². The minimum atomic E-state index is -3.53. The molecule has 1 fully saturated rings. The molecule has 1 aromatic carbocycles. The second kappa shape index (κ2) is 6.87. The van der Waals surface area contributed by atoms with Gasteiger partial charge in [0.05, 0.1) is 4.90 Å². The first-order chi connectivity index (χ1) is 9.53. The summed E-state index contributed by atoms with van der Waals surface area (Å²) in [4.78, 5) is 2.89. The van der Waals surface area contributed by atoms with E-state index in [4.69, 9.17) is 11.6 Å². The zero-order valence-electron chi connectivity index (χ0n) is 11.5. The topological polar surface area (TPSA) is 61.4 Å². The Bertz CT molecular complexity index is 557. The van der Waals surface area contributed by atoms with E-state index in [0.717, 1.165) is 37.9 Å². The van der Waals surface area contributed by atoms with Gasteiger partial charge in [0.25, 0.3) is 10.0 Å². The Hall–Kier alpha value is -0.660. The van der Waals surface area contributed by atoms with Gasteiger partial charge in [-0.05, 0) is 43.7 Å². The average molecular weight is 318 g/mol. The Labute approximate surface area is 125 Å². The molecule has 0 aliphatic carbocycles. The molecule has 0 aromatic heterocycles. The van der Waals surface area contributed by atoms with Crippen molar-refractivity contribution in [3.8, 4) is 0 Å². The lowest BCUT2D eigenvalue weighted by molar-refractivity contribution is 0.200. The van der Waals surface area contributed by atoms with Crippen LogP contribution in [-0.2, 0) is 16.6 Å². The van der Waals surface area contributed by atoms with E-state index in [-0.39, 0.29) is 4.90 Å². The van der Waals surface area contributed by atoms with Gasteiger partial charge < -0.3 is 5.32 Å². The molecule has 0 saturated carbocycles. The van der Waals surface area contributed by atoms with Gasteiger partial charge in [-0.25, -0.2) is 13.4 Å². The molecule has 1 heterocycles. The standard InChI is InChI=1S/C13H20ClN3O2S/c1-15-10-11-9-12(5-6-13(11)14)20(18,19)16-17-7-3-2-4-8-17/h5-6,9,15-16H,2-4,7-8,10H2,1H3. The first-order valence-corrected chi connectivity index (χ1v) is 8.59. The van der Waals surface area contributed by atoms with Crippen LogP contribution in [-0.4, -0.2) is 33.6 Å². The van der Waals surface area contributed by atoms with Crippen molar-refractivity contribution >= 4 is 21.6 Å². The molecular formula is C13H20ClN3O2S. The number of halogens is 1. The number of hydrogen-bond acceptors (Lipinski definition) is 4. The minimum absolute atomic E-state index is 0.248. The summed E-state index contributed by atoms with van der Waals surface area (Å²) in [6, 6.07) is 4.78. The molecule has 0 radical (unpaired) electrons. The second-order valence-corrected chi connectivity index (χ2v) is 6.99. The number of benzene rings is 1. The van der Waals surface area contributed by atoms with Crippen LogP contribution in [0.3, 0.4) is 0 Å². The number of hydrazine groups is 1. The lowest BCUT2D eigenvalue weighted by Gasteiger charge is -2.26. The van der Waals surface area contributed by atoms with Crippen molar-refractivity contribution in [2.45, 2.75) is 30.7 Å². The van der Waals surface area contributed by atoms with Gasteiger partial charge in [0.15, 0.2) is 0 Å². The van der Waals surface area contributed by atoms with Gasteiger partial charge in [0, 0.05) is 24.7 Å². The van der Waals surface area contributed by atoms with Gasteiger partial charge in [-0.15, -0.1) is 4.83 Å². The van der Waals surface area contributed by atoms with Crippen LogP contribution in [0.4, 0.5) is 0 Å². The molecule has 0 unspecified atom stereocenters. The molecular weight excluding hydrogens is 298 g/mol. The number of nitrogens with zero attached hydrogens (tertiary/aromatic N) is 1. The first kappa shape index (κ1) is 15.7. The Morgan fingerprint density at radius 1 is 1.25 bits per heavy atom. The Morgan fingerprint density at radius 2 is 1.95 bits per heavy atom. The summed E-state index contributed by atoms with van der Waals surface area (Å²) < 4.78 is 24.7. The number of rotatable bonds is 5. The monoisotopic (exact) mass is 317 g/mol. The molecule has 0 bridgehead atoms. The molecule has 0 spiro atoms. The fourth-order valence-corrected chi connectivity index (χ4v) is 3.61. The molecule has 1 aliphatic heterocycles. The number of sulfonamides is 1. The molecule has 1 aromatic rings. The lowest BCUT2D eigenvalue weighted by Crippen LogP contribution is -2.44. The van der Waals surface area contributed by atoms with Crippen molar-refractivity contribution in [3.63, 3.8) is 0 Å². The van der Waals surface area contributed by atoms with E-state index < -0.39 is 10.0 Å². The summed E-state index contributed by atoms with van der Waals surface area (Å²) in [5.74, 6) is 0. The number of nitrogens with one attached hydrogen (secondary N) is 2. The van der Waals surface area contributed by atoms with Crippen molar-refractivity contribution in [2.75, 3.05) is 20.1 Å². The fourth-order valence-electron chi connectivity index (χ4n) is 2.25. The van der Waals surface area contributed by atoms with E-state index in [1.54, 1.807) is 24.2 Å². The van der Waals surface area contributed by atoms with Crippen LogP contribution >= 0.6 is 11.6 Å². The van der Waals surface area contributed by atoms with Crippen molar-refractivity contribution in [3.05, 3.63) is 28.8 Å². The summed E-state index contributed by atoms with van der Waals surface area (Å²) in [7, 11) is -1.73. The summed E-state index contributed by atoms with van der Waals surface area (Å²) in [5.41, 5.74) is 0.774. The Balaban J connectivity index is 2.17. The first-order valence-electron chi connectivity index (χ1n) is 6.73. The number of piperidine rings is 1. The van der Waals surface area contributed by atoms with Gasteiger partial charge in [-0.2, -0.15) is 0 Å². The van der Waals surface area contributed by atoms with Gasteiger partial charge in [-0.1, -0.05) is 18.0 Å². The molecule has 2 N–H and O–H groups in total. The molecule has 0 amide bonds. The quantitative estimate of drug-likeness (QED) is 0.868. The molecule has 1 aliphatic rings.